The number of carbonyl (C=O) groups is 4. The molecule has 2 N–H and O–H groups in total. The molecule has 0 unspecified atom stereocenters. The Kier molecular flexibility index (Phi) is 8.79. The Balaban J connectivity index is 1.46. The molecule has 3 rings (SSSR count). The average molecular weight is 467 g/mol. The van der Waals surface area contributed by atoms with E-state index >= 15 is 0 Å². The first-order valence-electron chi connectivity index (χ1n) is 11.6. The molecule has 180 valence electrons. The summed E-state index contributed by atoms with van der Waals surface area (Å²) in [5, 5.41) is 5.78. The van der Waals surface area contributed by atoms with Gasteiger partial charge in [0.2, 0.25) is 11.8 Å². The average Bonchev–Trinajstić information content (AvgIpc) is 2.85. The molecule has 0 radical (unpaired) electrons. The molecule has 0 atom stereocenters. The van der Waals surface area contributed by atoms with E-state index in [9.17, 15) is 19.2 Å². The van der Waals surface area contributed by atoms with Crippen LogP contribution in [0.2, 0.25) is 0 Å². The summed E-state index contributed by atoms with van der Waals surface area (Å²) in [5.41, 5.74) is 2.09. The summed E-state index contributed by atoms with van der Waals surface area (Å²) in [6.07, 6.45) is 2.47. The van der Waals surface area contributed by atoms with E-state index in [1.807, 2.05) is 0 Å². The van der Waals surface area contributed by atoms with Crippen molar-refractivity contribution >= 4 is 35.1 Å². The van der Waals surface area contributed by atoms with Gasteiger partial charge < -0.3 is 20.1 Å². The highest BCUT2D eigenvalue weighted by atomic mass is 16.5. The first kappa shape index (κ1) is 25.0. The van der Waals surface area contributed by atoms with E-state index in [2.05, 4.69) is 10.6 Å². The summed E-state index contributed by atoms with van der Waals surface area (Å²) in [4.78, 5) is 48.8. The fourth-order valence-corrected chi connectivity index (χ4v) is 3.91. The summed E-state index contributed by atoms with van der Waals surface area (Å²) in [6, 6.07) is 13.2. The van der Waals surface area contributed by atoms with Crippen molar-refractivity contribution in [2.24, 2.45) is 11.8 Å². The van der Waals surface area contributed by atoms with Gasteiger partial charge in [-0.15, -0.1) is 0 Å². The third-order valence-corrected chi connectivity index (χ3v) is 5.80. The largest absolute Gasteiger partial charge is 0.462 e. The minimum absolute atomic E-state index is 0.0858. The third-order valence-electron chi connectivity index (χ3n) is 5.80. The maximum Gasteiger partial charge on any atom is 0.338 e. The van der Waals surface area contributed by atoms with E-state index in [0.29, 0.717) is 61.4 Å². The fraction of sp³-hybridized carbons (Fsp3) is 0.385. The van der Waals surface area contributed by atoms with Gasteiger partial charge >= 0.3 is 11.9 Å². The zero-order valence-electron chi connectivity index (χ0n) is 19.5. The van der Waals surface area contributed by atoms with Gasteiger partial charge in [-0.25, -0.2) is 9.59 Å². The number of carbonyl (C=O) groups excluding carboxylic acids is 4. The van der Waals surface area contributed by atoms with Crippen molar-refractivity contribution in [3.63, 3.8) is 0 Å². The number of rotatable bonds is 8. The number of esters is 2. The van der Waals surface area contributed by atoms with Crippen LogP contribution in [0.4, 0.5) is 11.4 Å². The molecule has 0 spiro atoms. The standard InChI is InChI=1S/C26H30N2O6/c1-3-33-25(31)19-9-13-21(14-10-19)27-23(29)17-5-7-18(8-6-17)24(30)28-22-15-11-20(12-16-22)26(32)34-4-2/h9-18H,3-8H2,1-2H3,(H,27,29)(H,28,30). The summed E-state index contributed by atoms with van der Waals surface area (Å²) in [7, 11) is 0. The van der Waals surface area contributed by atoms with Crippen LogP contribution in [-0.2, 0) is 19.1 Å². The summed E-state index contributed by atoms with van der Waals surface area (Å²) in [6.45, 7) is 4.10. The number of ether oxygens (including phenoxy) is 2. The van der Waals surface area contributed by atoms with Crippen LogP contribution in [0.3, 0.4) is 0 Å². The third kappa shape index (κ3) is 6.66. The first-order chi connectivity index (χ1) is 16.4. The number of hydrogen-bond acceptors (Lipinski definition) is 6. The number of nitrogens with one attached hydrogen (secondary N) is 2. The lowest BCUT2D eigenvalue weighted by Crippen LogP contribution is -2.32. The molecular weight excluding hydrogens is 436 g/mol. The Labute approximate surface area is 199 Å². The molecule has 1 aliphatic carbocycles. The molecule has 8 nitrogen and oxygen atoms in total. The van der Waals surface area contributed by atoms with Gasteiger partial charge in [-0.2, -0.15) is 0 Å². The van der Waals surface area contributed by atoms with Crippen molar-refractivity contribution in [2.45, 2.75) is 39.5 Å². The van der Waals surface area contributed by atoms with Crippen LogP contribution >= 0.6 is 0 Å². The van der Waals surface area contributed by atoms with E-state index in [-0.39, 0.29) is 23.7 Å². The molecule has 2 aromatic carbocycles. The molecule has 2 amide bonds. The van der Waals surface area contributed by atoms with Crippen LogP contribution in [-0.4, -0.2) is 37.0 Å². The van der Waals surface area contributed by atoms with Crippen LogP contribution < -0.4 is 10.6 Å². The Bertz CT molecular complexity index is 925. The summed E-state index contributed by atoms with van der Waals surface area (Å²) in [5.74, 6) is -1.30. The smallest absolute Gasteiger partial charge is 0.338 e. The molecule has 1 aliphatic rings. The topological polar surface area (TPSA) is 111 Å². The molecule has 8 heteroatoms. The van der Waals surface area contributed by atoms with Crippen molar-refractivity contribution in [3.8, 4) is 0 Å². The Morgan fingerprint density at radius 3 is 1.26 bits per heavy atom. The minimum atomic E-state index is -0.396. The van der Waals surface area contributed by atoms with Crippen molar-refractivity contribution < 1.29 is 28.7 Å². The lowest BCUT2D eigenvalue weighted by Gasteiger charge is -2.27. The van der Waals surface area contributed by atoms with Gasteiger partial charge in [0.15, 0.2) is 0 Å². The molecule has 34 heavy (non-hydrogen) atoms. The van der Waals surface area contributed by atoms with E-state index in [0.717, 1.165) is 0 Å². The van der Waals surface area contributed by atoms with Crippen molar-refractivity contribution in [3.05, 3.63) is 59.7 Å². The van der Waals surface area contributed by atoms with Gasteiger partial charge in [0.1, 0.15) is 0 Å². The van der Waals surface area contributed by atoms with E-state index in [1.54, 1.807) is 62.4 Å². The van der Waals surface area contributed by atoms with Gasteiger partial charge in [0.25, 0.3) is 0 Å². The van der Waals surface area contributed by atoms with Crippen LogP contribution in [0.5, 0.6) is 0 Å². The van der Waals surface area contributed by atoms with E-state index in [1.165, 1.54) is 0 Å². The number of anilines is 2. The zero-order chi connectivity index (χ0) is 24.5. The molecule has 2 aromatic rings. The lowest BCUT2D eigenvalue weighted by atomic mass is 9.81. The first-order valence-corrected chi connectivity index (χ1v) is 11.6. The Hall–Kier alpha value is -3.68. The molecule has 0 aromatic heterocycles. The highest BCUT2D eigenvalue weighted by molar-refractivity contribution is 5.96. The van der Waals surface area contributed by atoms with Gasteiger partial charge in [-0.05, 0) is 88.1 Å². The highest BCUT2D eigenvalue weighted by Gasteiger charge is 2.30. The number of benzene rings is 2. The normalized spacial score (nSPS) is 17.4. The van der Waals surface area contributed by atoms with Gasteiger partial charge in [0.05, 0.1) is 24.3 Å². The van der Waals surface area contributed by atoms with Crippen molar-refractivity contribution in [1.29, 1.82) is 0 Å². The highest BCUT2D eigenvalue weighted by Crippen LogP contribution is 2.30. The van der Waals surface area contributed by atoms with Gasteiger partial charge in [-0.3, -0.25) is 9.59 Å². The molecule has 0 bridgehead atoms. The second kappa shape index (κ2) is 12.0. The molecule has 0 saturated heterocycles. The zero-order valence-corrected chi connectivity index (χ0v) is 19.5. The van der Waals surface area contributed by atoms with Gasteiger partial charge in [0, 0.05) is 23.2 Å². The maximum atomic E-state index is 12.6. The van der Waals surface area contributed by atoms with Crippen molar-refractivity contribution in [1.82, 2.24) is 0 Å². The van der Waals surface area contributed by atoms with Crippen molar-refractivity contribution in [2.75, 3.05) is 23.8 Å². The van der Waals surface area contributed by atoms with Crippen LogP contribution in [0.15, 0.2) is 48.5 Å². The number of hydrogen-bond donors (Lipinski definition) is 2. The monoisotopic (exact) mass is 466 g/mol. The SMILES string of the molecule is CCOC(=O)c1ccc(NC(=O)C2CCC(C(=O)Nc3ccc(C(=O)OCC)cc3)CC2)cc1. The summed E-state index contributed by atoms with van der Waals surface area (Å²) < 4.78 is 9.91. The van der Waals surface area contributed by atoms with E-state index in [4.69, 9.17) is 9.47 Å². The van der Waals surface area contributed by atoms with Crippen LogP contribution in [0.1, 0.15) is 60.2 Å². The predicted octanol–water partition coefficient (Wildman–Crippen LogP) is 4.42. The molecule has 1 fully saturated rings. The fourth-order valence-electron chi connectivity index (χ4n) is 3.91. The molecule has 0 heterocycles. The molecular formula is C26H30N2O6. The number of amides is 2. The minimum Gasteiger partial charge on any atom is -0.462 e. The Morgan fingerprint density at radius 1 is 0.647 bits per heavy atom. The molecule has 1 saturated carbocycles. The summed E-state index contributed by atoms with van der Waals surface area (Å²) >= 11 is 0. The quantitative estimate of drug-likeness (QED) is 0.557. The second-order valence-corrected chi connectivity index (χ2v) is 8.12. The van der Waals surface area contributed by atoms with E-state index < -0.39 is 11.9 Å². The molecule has 0 aliphatic heterocycles. The van der Waals surface area contributed by atoms with Gasteiger partial charge in [-0.1, -0.05) is 0 Å². The van der Waals surface area contributed by atoms with Crippen LogP contribution in [0, 0.1) is 11.8 Å². The maximum absolute atomic E-state index is 12.6. The second-order valence-electron chi connectivity index (χ2n) is 8.12. The van der Waals surface area contributed by atoms with Crippen LogP contribution in [0.25, 0.3) is 0 Å². The lowest BCUT2D eigenvalue weighted by molar-refractivity contribution is -0.125. The Morgan fingerprint density at radius 2 is 0.971 bits per heavy atom. The predicted molar refractivity (Wildman–Crippen MR) is 128 cm³/mol.